The normalized spacial score (nSPS) is 18.6. The number of aryl methyl sites for hydroxylation is 2. The Kier molecular flexibility index (Phi) is 3.98. The van der Waals surface area contributed by atoms with Crippen LogP contribution >= 0.6 is 0 Å². The molecule has 2 N–H and O–H groups in total. The van der Waals surface area contributed by atoms with Crippen LogP contribution in [0.5, 0.6) is 5.75 Å². The molecule has 1 aliphatic rings. The second kappa shape index (κ2) is 6.28. The maximum atomic E-state index is 10.3. The van der Waals surface area contributed by atoms with Crippen LogP contribution in [0, 0.1) is 6.92 Å². The van der Waals surface area contributed by atoms with E-state index in [0.29, 0.717) is 11.7 Å². The van der Waals surface area contributed by atoms with Crippen molar-refractivity contribution in [1.29, 1.82) is 0 Å². The van der Waals surface area contributed by atoms with Crippen molar-refractivity contribution in [3.05, 3.63) is 41.9 Å². The number of phenols is 1. The summed E-state index contributed by atoms with van der Waals surface area (Å²) in [7, 11) is 0. The van der Waals surface area contributed by atoms with Gasteiger partial charge in [-0.05, 0) is 50.6 Å². The number of nitrogens with zero attached hydrogens (tertiary/aromatic N) is 4. The SMILES string of the molecule is Cc1[nH]c2cccc(O)c2c1C1CCN(CCCn2nccn2)C1. The van der Waals surface area contributed by atoms with Gasteiger partial charge in [-0.15, -0.1) is 0 Å². The summed E-state index contributed by atoms with van der Waals surface area (Å²) in [6, 6.07) is 5.71. The van der Waals surface area contributed by atoms with Gasteiger partial charge in [-0.1, -0.05) is 6.07 Å². The lowest BCUT2D eigenvalue weighted by atomic mass is 9.95. The van der Waals surface area contributed by atoms with E-state index in [1.165, 1.54) is 11.3 Å². The Morgan fingerprint density at radius 2 is 2.08 bits per heavy atom. The molecule has 6 nitrogen and oxygen atoms in total. The Hall–Kier alpha value is -2.34. The monoisotopic (exact) mass is 325 g/mol. The topological polar surface area (TPSA) is 70.0 Å². The zero-order chi connectivity index (χ0) is 16.5. The lowest BCUT2D eigenvalue weighted by Crippen LogP contribution is -2.23. The maximum absolute atomic E-state index is 10.3. The number of H-pyrrole nitrogens is 1. The number of hydrogen-bond donors (Lipinski definition) is 2. The number of phenolic OH excluding ortho intramolecular Hbond substituents is 1. The van der Waals surface area contributed by atoms with Gasteiger partial charge in [0.15, 0.2) is 0 Å². The van der Waals surface area contributed by atoms with Gasteiger partial charge in [0.25, 0.3) is 0 Å². The third-order valence-electron chi connectivity index (χ3n) is 5.02. The summed E-state index contributed by atoms with van der Waals surface area (Å²) in [4.78, 5) is 7.67. The molecule has 0 radical (unpaired) electrons. The van der Waals surface area contributed by atoms with Crippen LogP contribution in [0.15, 0.2) is 30.6 Å². The number of likely N-dealkylation sites (tertiary alicyclic amines) is 1. The number of nitrogens with one attached hydrogen (secondary N) is 1. The van der Waals surface area contributed by atoms with Crippen LogP contribution in [0.4, 0.5) is 0 Å². The zero-order valence-corrected chi connectivity index (χ0v) is 13.9. The average Bonchev–Trinajstić information content (AvgIpc) is 3.27. The minimum absolute atomic E-state index is 0.384. The number of fused-ring (bicyclic) bond motifs is 1. The van der Waals surface area contributed by atoms with Gasteiger partial charge in [0.1, 0.15) is 5.75 Å². The first-order valence-electron chi connectivity index (χ1n) is 8.59. The molecular weight excluding hydrogens is 302 g/mol. The van der Waals surface area contributed by atoms with Crippen LogP contribution in [-0.2, 0) is 6.54 Å². The summed E-state index contributed by atoms with van der Waals surface area (Å²) in [6.07, 6.45) is 5.64. The van der Waals surface area contributed by atoms with E-state index < -0.39 is 0 Å². The van der Waals surface area contributed by atoms with Crippen LogP contribution in [0.1, 0.15) is 30.0 Å². The zero-order valence-electron chi connectivity index (χ0n) is 13.9. The Balaban J connectivity index is 1.44. The summed E-state index contributed by atoms with van der Waals surface area (Å²) in [5.41, 5.74) is 3.50. The molecule has 126 valence electrons. The third-order valence-corrected chi connectivity index (χ3v) is 5.02. The Labute approximate surface area is 141 Å². The number of aromatic nitrogens is 4. The molecule has 0 saturated carbocycles. The van der Waals surface area contributed by atoms with Crippen molar-refractivity contribution in [2.24, 2.45) is 0 Å². The molecule has 0 amide bonds. The molecule has 0 aliphatic carbocycles. The molecule has 24 heavy (non-hydrogen) atoms. The van der Waals surface area contributed by atoms with Crippen molar-refractivity contribution >= 4 is 10.9 Å². The lowest BCUT2D eigenvalue weighted by molar-refractivity contribution is 0.313. The molecule has 1 unspecified atom stereocenters. The smallest absolute Gasteiger partial charge is 0.125 e. The largest absolute Gasteiger partial charge is 0.507 e. The number of hydrogen-bond acceptors (Lipinski definition) is 4. The number of aromatic amines is 1. The predicted octanol–water partition coefficient (Wildman–Crippen LogP) is 2.65. The van der Waals surface area contributed by atoms with Crippen molar-refractivity contribution in [2.75, 3.05) is 19.6 Å². The third kappa shape index (κ3) is 2.78. The predicted molar refractivity (Wildman–Crippen MR) is 93.1 cm³/mol. The quantitative estimate of drug-likeness (QED) is 0.756. The Bertz CT molecular complexity index is 823. The van der Waals surface area contributed by atoms with E-state index in [1.807, 2.05) is 12.1 Å². The van der Waals surface area contributed by atoms with Crippen molar-refractivity contribution in [3.63, 3.8) is 0 Å². The summed E-state index contributed by atoms with van der Waals surface area (Å²) in [5.74, 6) is 0.866. The van der Waals surface area contributed by atoms with E-state index in [-0.39, 0.29) is 0 Å². The second-order valence-corrected chi connectivity index (χ2v) is 6.63. The van der Waals surface area contributed by atoms with Gasteiger partial charge in [0, 0.05) is 29.1 Å². The van der Waals surface area contributed by atoms with Gasteiger partial charge < -0.3 is 15.0 Å². The first-order chi connectivity index (χ1) is 11.7. The molecule has 1 saturated heterocycles. The van der Waals surface area contributed by atoms with Crippen LogP contribution in [0.3, 0.4) is 0 Å². The van der Waals surface area contributed by atoms with Gasteiger partial charge in [0.05, 0.1) is 18.9 Å². The Morgan fingerprint density at radius 3 is 2.92 bits per heavy atom. The van der Waals surface area contributed by atoms with E-state index in [9.17, 15) is 5.11 Å². The van der Waals surface area contributed by atoms with Gasteiger partial charge in [-0.3, -0.25) is 0 Å². The molecule has 4 rings (SSSR count). The summed E-state index contributed by atoms with van der Waals surface area (Å²) < 4.78 is 0. The molecule has 1 fully saturated rings. The van der Waals surface area contributed by atoms with Crippen LogP contribution < -0.4 is 0 Å². The molecule has 1 atom stereocenters. The fourth-order valence-electron chi connectivity index (χ4n) is 3.96. The van der Waals surface area contributed by atoms with Crippen LogP contribution in [0.25, 0.3) is 10.9 Å². The van der Waals surface area contributed by atoms with Crippen LogP contribution in [0.2, 0.25) is 0 Å². The highest BCUT2D eigenvalue weighted by Crippen LogP contribution is 2.38. The van der Waals surface area contributed by atoms with Crippen molar-refractivity contribution in [1.82, 2.24) is 24.9 Å². The summed E-state index contributed by atoms with van der Waals surface area (Å²) in [6.45, 7) is 6.19. The fourth-order valence-corrected chi connectivity index (χ4v) is 3.96. The summed E-state index contributed by atoms with van der Waals surface area (Å²) in [5, 5.41) is 19.6. The first kappa shape index (κ1) is 15.2. The lowest BCUT2D eigenvalue weighted by Gasteiger charge is -2.16. The molecule has 1 aromatic carbocycles. The van der Waals surface area contributed by atoms with E-state index in [0.717, 1.165) is 49.9 Å². The minimum atomic E-state index is 0.384. The minimum Gasteiger partial charge on any atom is -0.507 e. The second-order valence-electron chi connectivity index (χ2n) is 6.63. The number of aromatic hydroxyl groups is 1. The molecule has 6 heteroatoms. The van der Waals surface area contributed by atoms with E-state index in [1.54, 1.807) is 23.3 Å². The highest BCUT2D eigenvalue weighted by atomic mass is 16.3. The summed E-state index contributed by atoms with van der Waals surface area (Å²) >= 11 is 0. The molecule has 2 aromatic heterocycles. The van der Waals surface area contributed by atoms with Gasteiger partial charge in [-0.2, -0.15) is 15.0 Å². The van der Waals surface area contributed by atoms with Crippen molar-refractivity contribution < 1.29 is 5.11 Å². The molecule has 3 aromatic rings. The van der Waals surface area contributed by atoms with Crippen molar-refractivity contribution in [3.8, 4) is 5.75 Å². The molecule has 3 heterocycles. The molecule has 0 bridgehead atoms. The fraction of sp³-hybridized carbons (Fsp3) is 0.444. The number of benzene rings is 1. The number of rotatable bonds is 5. The first-order valence-corrected chi connectivity index (χ1v) is 8.59. The average molecular weight is 325 g/mol. The van der Waals surface area contributed by atoms with E-state index >= 15 is 0 Å². The standard InChI is InChI=1S/C18H23N5O/c1-13-17(18-15(21-13)4-2-5-16(18)24)14-6-11-22(12-14)9-3-10-23-19-7-8-20-23/h2,4-5,7-8,14,21,24H,3,6,9-12H2,1H3. The van der Waals surface area contributed by atoms with Gasteiger partial charge in [-0.25, -0.2) is 0 Å². The van der Waals surface area contributed by atoms with Gasteiger partial charge in [0.2, 0.25) is 0 Å². The molecule has 1 aliphatic heterocycles. The molecule has 0 spiro atoms. The highest BCUT2D eigenvalue weighted by molar-refractivity contribution is 5.90. The Morgan fingerprint density at radius 1 is 1.25 bits per heavy atom. The highest BCUT2D eigenvalue weighted by Gasteiger charge is 2.28. The van der Waals surface area contributed by atoms with Gasteiger partial charge >= 0.3 is 0 Å². The van der Waals surface area contributed by atoms with Crippen LogP contribution in [-0.4, -0.2) is 49.6 Å². The molecular formula is C18H23N5O. The van der Waals surface area contributed by atoms with E-state index in [2.05, 4.69) is 27.0 Å². The maximum Gasteiger partial charge on any atom is 0.125 e. The van der Waals surface area contributed by atoms with Crippen molar-refractivity contribution in [2.45, 2.75) is 32.2 Å². The van der Waals surface area contributed by atoms with E-state index in [4.69, 9.17) is 0 Å².